The molecule has 0 unspecified atom stereocenters. The molecule has 0 atom stereocenters. The summed E-state index contributed by atoms with van der Waals surface area (Å²) in [7, 11) is 3.96. The van der Waals surface area contributed by atoms with E-state index in [0.717, 1.165) is 6.54 Å². The highest BCUT2D eigenvalue weighted by Gasteiger charge is 2.38. The van der Waals surface area contributed by atoms with Gasteiger partial charge in [-0.3, -0.25) is 4.79 Å². The highest BCUT2D eigenvalue weighted by atomic mass is 35.5. The zero-order chi connectivity index (χ0) is 17.6. The highest BCUT2D eigenvalue weighted by Crippen LogP contribution is 2.32. The van der Waals surface area contributed by atoms with Crippen LogP contribution in [0.4, 0.5) is 5.69 Å². The second kappa shape index (κ2) is 11.8. The molecule has 1 aromatic rings. The molecule has 1 aliphatic rings. The van der Waals surface area contributed by atoms with Gasteiger partial charge in [-0.1, -0.05) is 11.6 Å². The van der Waals surface area contributed by atoms with Crippen LogP contribution in [0, 0.1) is 5.41 Å². The number of nitrogens with one attached hydrogen (secondary N) is 1. The number of hydrogen-bond donors (Lipinski definition) is 2. The Labute approximate surface area is 172 Å². The van der Waals surface area contributed by atoms with E-state index in [-0.39, 0.29) is 30.7 Å². The number of benzene rings is 1. The van der Waals surface area contributed by atoms with E-state index in [1.807, 2.05) is 19.0 Å². The molecule has 1 saturated heterocycles. The van der Waals surface area contributed by atoms with Crippen LogP contribution in [0.2, 0.25) is 5.02 Å². The van der Waals surface area contributed by atoms with Crippen LogP contribution in [0.1, 0.15) is 12.8 Å². The van der Waals surface area contributed by atoms with Gasteiger partial charge in [0.25, 0.3) is 0 Å². The Hall–Kier alpha value is -0.760. The minimum atomic E-state index is -0.564. The number of nitrogens with two attached hydrogens (primary N) is 1. The molecule has 1 fully saturated rings. The smallest absolute Gasteiger partial charge is 0.232 e. The number of carbonyl (C=O) groups is 1. The maximum absolute atomic E-state index is 12.6. The molecule has 1 amide bonds. The molecule has 0 bridgehead atoms. The van der Waals surface area contributed by atoms with Crippen LogP contribution in [0.15, 0.2) is 18.2 Å². The van der Waals surface area contributed by atoms with E-state index in [1.165, 1.54) is 0 Å². The quantitative estimate of drug-likeness (QED) is 0.698. The molecule has 26 heavy (non-hydrogen) atoms. The largest absolute Gasteiger partial charge is 0.491 e. The number of likely N-dealkylation sites (N-methyl/N-ethyl adjacent to an activating group) is 1. The first-order valence-electron chi connectivity index (χ1n) is 8.13. The van der Waals surface area contributed by atoms with Crippen molar-refractivity contribution in [2.45, 2.75) is 12.8 Å². The Morgan fingerprint density at radius 3 is 2.54 bits per heavy atom. The topological polar surface area (TPSA) is 76.8 Å². The Morgan fingerprint density at radius 1 is 1.35 bits per heavy atom. The summed E-state index contributed by atoms with van der Waals surface area (Å²) in [6.07, 6.45) is 1.27. The Kier molecular flexibility index (Phi) is 11.5. The summed E-state index contributed by atoms with van der Waals surface area (Å²) < 4.78 is 11.0. The molecule has 6 nitrogen and oxygen atoms in total. The zero-order valence-electron chi connectivity index (χ0n) is 15.1. The maximum Gasteiger partial charge on any atom is 0.232 e. The molecule has 0 saturated carbocycles. The van der Waals surface area contributed by atoms with E-state index in [1.54, 1.807) is 18.2 Å². The first-order chi connectivity index (χ1) is 11.5. The molecule has 1 heterocycles. The lowest BCUT2D eigenvalue weighted by atomic mass is 9.79. The number of anilines is 1. The van der Waals surface area contributed by atoms with Crippen molar-refractivity contribution in [3.63, 3.8) is 0 Å². The fourth-order valence-electron chi connectivity index (χ4n) is 2.58. The van der Waals surface area contributed by atoms with Crippen molar-refractivity contribution < 1.29 is 14.3 Å². The van der Waals surface area contributed by atoms with Crippen molar-refractivity contribution in [3.8, 4) is 5.75 Å². The van der Waals surface area contributed by atoms with Crippen molar-refractivity contribution in [2.75, 3.05) is 52.3 Å². The molecule has 9 heteroatoms. The molecule has 0 aliphatic carbocycles. The normalized spacial score (nSPS) is 15.6. The van der Waals surface area contributed by atoms with Crippen molar-refractivity contribution in [1.82, 2.24) is 4.90 Å². The van der Waals surface area contributed by atoms with Crippen LogP contribution in [0.3, 0.4) is 0 Å². The SMILES string of the molecule is CN(C)CCOc1ccc(NC(=O)C2(CN)CCOCC2)cc1Cl.Cl.Cl. The van der Waals surface area contributed by atoms with Crippen molar-refractivity contribution in [2.24, 2.45) is 11.1 Å². The second-order valence-corrected chi connectivity index (χ2v) is 6.76. The zero-order valence-corrected chi connectivity index (χ0v) is 17.5. The van der Waals surface area contributed by atoms with E-state index in [0.29, 0.717) is 55.7 Å². The van der Waals surface area contributed by atoms with E-state index in [4.69, 9.17) is 26.8 Å². The van der Waals surface area contributed by atoms with Gasteiger partial charge < -0.3 is 25.4 Å². The third-order valence-electron chi connectivity index (χ3n) is 4.31. The standard InChI is InChI=1S/C17H26ClN3O3.2ClH/c1-21(2)7-10-24-15-4-3-13(11-14(15)18)20-16(22)17(12-19)5-8-23-9-6-17;;/h3-4,11H,5-10,12,19H2,1-2H3,(H,20,22);2*1H. The van der Waals surface area contributed by atoms with Gasteiger partial charge in [0, 0.05) is 32.0 Å². The third kappa shape index (κ3) is 6.76. The summed E-state index contributed by atoms with van der Waals surface area (Å²) in [5, 5.41) is 3.40. The van der Waals surface area contributed by atoms with Gasteiger partial charge in [-0.25, -0.2) is 0 Å². The van der Waals surface area contributed by atoms with E-state index >= 15 is 0 Å². The minimum absolute atomic E-state index is 0. The molecule has 1 aromatic carbocycles. The van der Waals surface area contributed by atoms with Gasteiger partial charge in [-0.2, -0.15) is 0 Å². The first-order valence-corrected chi connectivity index (χ1v) is 8.51. The summed E-state index contributed by atoms with van der Waals surface area (Å²) in [5.41, 5.74) is 5.94. The average molecular weight is 429 g/mol. The van der Waals surface area contributed by atoms with Crippen LogP contribution in [-0.2, 0) is 9.53 Å². The molecule has 1 aliphatic heterocycles. The van der Waals surface area contributed by atoms with Crippen LogP contribution in [-0.4, -0.2) is 57.8 Å². The lowest BCUT2D eigenvalue weighted by molar-refractivity contribution is -0.130. The van der Waals surface area contributed by atoms with Crippen LogP contribution in [0.5, 0.6) is 5.75 Å². The van der Waals surface area contributed by atoms with Gasteiger partial charge in [-0.15, -0.1) is 24.8 Å². The molecule has 150 valence electrons. The molecule has 0 radical (unpaired) electrons. The van der Waals surface area contributed by atoms with E-state index in [9.17, 15) is 4.79 Å². The predicted octanol–water partition coefficient (Wildman–Crippen LogP) is 2.82. The van der Waals surface area contributed by atoms with Crippen LogP contribution in [0.25, 0.3) is 0 Å². The lowest BCUT2D eigenvalue weighted by Gasteiger charge is -2.34. The van der Waals surface area contributed by atoms with Gasteiger partial charge >= 0.3 is 0 Å². The fraction of sp³-hybridized carbons (Fsp3) is 0.588. The van der Waals surface area contributed by atoms with E-state index < -0.39 is 5.41 Å². The van der Waals surface area contributed by atoms with Gasteiger partial charge in [0.2, 0.25) is 5.91 Å². The Morgan fingerprint density at radius 2 is 2.00 bits per heavy atom. The number of rotatable bonds is 7. The van der Waals surface area contributed by atoms with Gasteiger partial charge in [-0.05, 0) is 45.1 Å². The maximum atomic E-state index is 12.6. The van der Waals surface area contributed by atoms with Crippen molar-refractivity contribution in [1.29, 1.82) is 0 Å². The van der Waals surface area contributed by atoms with E-state index in [2.05, 4.69) is 5.32 Å². The molecule has 3 N–H and O–H groups in total. The lowest BCUT2D eigenvalue weighted by Crippen LogP contribution is -2.46. The summed E-state index contributed by atoms with van der Waals surface area (Å²) in [6.45, 7) is 2.78. The number of ether oxygens (including phenoxy) is 2. The number of amides is 1. The van der Waals surface area contributed by atoms with Gasteiger partial charge in [0.1, 0.15) is 12.4 Å². The predicted molar refractivity (Wildman–Crippen MR) is 110 cm³/mol. The first kappa shape index (κ1) is 25.2. The van der Waals surface area contributed by atoms with Gasteiger partial charge in [0.15, 0.2) is 0 Å². The van der Waals surface area contributed by atoms with Crippen LogP contribution < -0.4 is 15.8 Å². The van der Waals surface area contributed by atoms with Crippen molar-refractivity contribution in [3.05, 3.63) is 23.2 Å². The summed E-state index contributed by atoms with van der Waals surface area (Å²) >= 11 is 6.25. The summed E-state index contributed by atoms with van der Waals surface area (Å²) in [4.78, 5) is 14.7. The number of nitrogens with zero attached hydrogens (tertiary/aromatic N) is 1. The number of hydrogen-bond acceptors (Lipinski definition) is 5. The average Bonchev–Trinajstić information content (AvgIpc) is 2.57. The molecule has 0 spiro atoms. The molecule has 0 aromatic heterocycles. The van der Waals surface area contributed by atoms with Gasteiger partial charge in [0.05, 0.1) is 10.4 Å². The third-order valence-corrected chi connectivity index (χ3v) is 4.60. The Balaban J connectivity index is 0.00000312. The molecule has 2 rings (SSSR count). The highest BCUT2D eigenvalue weighted by molar-refractivity contribution is 6.32. The minimum Gasteiger partial charge on any atom is -0.491 e. The number of carbonyl (C=O) groups excluding carboxylic acids is 1. The van der Waals surface area contributed by atoms with Crippen LogP contribution >= 0.6 is 36.4 Å². The summed E-state index contributed by atoms with van der Waals surface area (Å²) in [5.74, 6) is 0.529. The van der Waals surface area contributed by atoms with Crippen molar-refractivity contribution >= 4 is 48.0 Å². The Bertz CT molecular complexity index is 567. The number of halogens is 3. The monoisotopic (exact) mass is 427 g/mol. The summed E-state index contributed by atoms with van der Waals surface area (Å²) in [6, 6.07) is 5.26. The molecular formula is C17H28Cl3N3O3. The molecular weight excluding hydrogens is 401 g/mol. The second-order valence-electron chi connectivity index (χ2n) is 6.35. The fourth-order valence-corrected chi connectivity index (χ4v) is 2.82.